The number of aliphatic hydroxyl groups is 1. The number of rotatable bonds is 7. The van der Waals surface area contributed by atoms with E-state index in [0.29, 0.717) is 24.1 Å². The molecule has 4 aromatic rings. The zero-order valence-electron chi connectivity index (χ0n) is 18.1. The van der Waals surface area contributed by atoms with Crippen LogP contribution in [0.2, 0.25) is 0 Å². The highest BCUT2D eigenvalue weighted by molar-refractivity contribution is 5.54. The van der Waals surface area contributed by atoms with E-state index in [1.807, 2.05) is 60.7 Å². The van der Waals surface area contributed by atoms with Crippen LogP contribution in [0.3, 0.4) is 0 Å². The lowest BCUT2D eigenvalue weighted by molar-refractivity contribution is 0.0461. The summed E-state index contributed by atoms with van der Waals surface area (Å²) in [5.41, 5.74) is 1.65. The molecule has 33 heavy (non-hydrogen) atoms. The van der Waals surface area contributed by atoms with Crippen LogP contribution < -0.4 is 5.76 Å². The smallest absolute Gasteiger partial charge is 0.390 e. The summed E-state index contributed by atoms with van der Waals surface area (Å²) in [7, 11) is 0. The summed E-state index contributed by atoms with van der Waals surface area (Å²) in [6.45, 7) is 1.24. The van der Waals surface area contributed by atoms with E-state index >= 15 is 0 Å². The minimum absolute atomic E-state index is 0.0776. The summed E-state index contributed by atoms with van der Waals surface area (Å²) in [6, 6.07) is 18.9. The van der Waals surface area contributed by atoms with Gasteiger partial charge in [0.1, 0.15) is 0 Å². The first-order valence-corrected chi connectivity index (χ1v) is 11.1. The van der Waals surface area contributed by atoms with Gasteiger partial charge in [-0.25, -0.2) is 4.79 Å². The predicted octanol–water partition coefficient (Wildman–Crippen LogP) is 3.14. The van der Waals surface area contributed by atoms with E-state index in [1.54, 1.807) is 0 Å². The van der Waals surface area contributed by atoms with Gasteiger partial charge >= 0.3 is 5.76 Å². The Balaban J connectivity index is 1.31. The van der Waals surface area contributed by atoms with Crippen molar-refractivity contribution in [3.8, 4) is 22.8 Å². The van der Waals surface area contributed by atoms with Gasteiger partial charge in [0.25, 0.3) is 0 Å². The van der Waals surface area contributed by atoms with E-state index in [9.17, 15) is 9.90 Å². The fraction of sp³-hybridized carbons (Fsp3) is 0.333. The van der Waals surface area contributed by atoms with Crippen LogP contribution in [0, 0.1) is 0 Å². The Morgan fingerprint density at radius 2 is 1.67 bits per heavy atom. The molecule has 9 nitrogen and oxygen atoms in total. The van der Waals surface area contributed by atoms with E-state index < -0.39 is 11.9 Å². The van der Waals surface area contributed by atoms with Crippen molar-refractivity contribution in [2.75, 3.05) is 13.1 Å². The molecule has 0 saturated carbocycles. The molecule has 0 radical (unpaired) electrons. The number of β-amino-alcohol motifs (C(OH)–C–C–N with tert-alkyl or cyclic N) is 1. The highest BCUT2D eigenvalue weighted by atomic mass is 16.5. The molecule has 0 bridgehead atoms. The molecule has 3 heterocycles. The Morgan fingerprint density at radius 1 is 0.939 bits per heavy atom. The zero-order valence-corrected chi connectivity index (χ0v) is 18.1. The Bertz CT molecular complexity index is 1230. The monoisotopic (exact) mass is 447 g/mol. The number of piperidine rings is 1. The van der Waals surface area contributed by atoms with E-state index in [2.05, 4.69) is 20.2 Å². The van der Waals surface area contributed by atoms with Crippen molar-refractivity contribution in [2.24, 2.45) is 0 Å². The topological polar surface area (TPSA) is 110 Å². The quantitative estimate of drug-likeness (QED) is 0.460. The third kappa shape index (κ3) is 4.64. The highest BCUT2D eigenvalue weighted by Crippen LogP contribution is 2.31. The molecule has 5 rings (SSSR count). The third-order valence-electron chi connectivity index (χ3n) is 5.93. The van der Waals surface area contributed by atoms with Crippen LogP contribution in [0.1, 0.15) is 31.2 Å². The number of hydrogen-bond acceptors (Lipinski definition) is 8. The van der Waals surface area contributed by atoms with Gasteiger partial charge in [-0.3, -0.25) is 14.0 Å². The normalized spacial score (nSPS) is 17.8. The van der Waals surface area contributed by atoms with Crippen molar-refractivity contribution >= 4 is 0 Å². The van der Waals surface area contributed by atoms with Crippen LogP contribution >= 0.6 is 0 Å². The summed E-state index contributed by atoms with van der Waals surface area (Å²) >= 11 is 0. The standard InChI is InChI=1S/C24H25N5O4/c30-19(16-29-22(27-33-24(29)31)18-11-5-2-6-12-18)15-28-14-8-7-13-20(28)23-25-21(26-32-23)17-9-3-1-4-10-17/h1-6,9-12,19-20,30H,7-8,13-16H2. The molecule has 2 aromatic carbocycles. The second-order valence-corrected chi connectivity index (χ2v) is 8.23. The minimum atomic E-state index is -0.804. The second kappa shape index (κ2) is 9.51. The Morgan fingerprint density at radius 3 is 2.42 bits per heavy atom. The molecule has 1 saturated heterocycles. The summed E-state index contributed by atoms with van der Waals surface area (Å²) in [5, 5.41) is 18.9. The number of aliphatic hydroxyl groups excluding tert-OH is 1. The van der Waals surface area contributed by atoms with E-state index in [4.69, 9.17) is 9.05 Å². The molecule has 1 aliphatic rings. The van der Waals surface area contributed by atoms with E-state index in [1.165, 1.54) is 4.57 Å². The van der Waals surface area contributed by atoms with Crippen LogP contribution in [0.5, 0.6) is 0 Å². The van der Waals surface area contributed by atoms with Gasteiger partial charge in [0.15, 0.2) is 5.82 Å². The molecule has 0 spiro atoms. The maximum Gasteiger partial charge on any atom is 0.441 e. The van der Waals surface area contributed by atoms with Crippen molar-refractivity contribution in [3.05, 3.63) is 77.1 Å². The molecule has 0 aliphatic carbocycles. The lowest BCUT2D eigenvalue weighted by atomic mass is 10.0. The molecule has 1 N–H and O–H groups in total. The Hall–Kier alpha value is -3.56. The first kappa shape index (κ1) is 21.3. The average Bonchev–Trinajstić information content (AvgIpc) is 3.48. The zero-order chi connectivity index (χ0) is 22.6. The van der Waals surface area contributed by atoms with Crippen molar-refractivity contribution in [2.45, 2.75) is 38.0 Å². The first-order valence-electron chi connectivity index (χ1n) is 11.1. The molecule has 1 aliphatic heterocycles. The lowest BCUT2D eigenvalue weighted by Gasteiger charge is -2.34. The molecule has 170 valence electrons. The fourth-order valence-electron chi connectivity index (χ4n) is 4.33. The van der Waals surface area contributed by atoms with E-state index in [0.717, 1.165) is 36.9 Å². The fourth-order valence-corrected chi connectivity index (χ4v) is 4.33. The minimum Gasteiger partial charge on any atom is -0.390 e. The van der Waals surface area contributed by atoms with Gasteiger partial charge in [0.05, 0.1) is 18.7 Å². The molecule has 2 aromatic heterocycles. The number of hydrogen-bond donors (Lipinski definition) is 1. The molecular weight excluding hydrogens is 422 g/mol. The summed E-state index contributed by atoms with van der Waals surface area (Å²) < 4.78 is 11.9. The summed E-state index contributed by atoms with van der Waals surface area (Å²) in [6.07, 6.45) is 2.13. The van der Waals surface area contributed by atoms with E-state index in [-0.39, 0.29) is 12.6 Å². The SMILES string of the molecule is O=c1onc(-c2ccccc2)n1CC(O)CN1CCCCC1c1nc(-c2ccccc2)no1. The van der Waals surface area contributed by atoms with Gasteiger partial charge in [-0.15, -0.1) is 0 Å². The number of benzene rings is 2. The van der Waals surface area contributed by atoms with Gasteiger partial charge in [0.2, 0.25) is 11.7 Å². The molecule has 9 heteroatoms. The maximum atomic E-state index is 12.2. The Kier molecular flexibility index (Phi) is 6.14. The first-order chi connectivity index (χ1) is 16.2. The van der Waals surface area contributed by atoms with Crippen LogP contribution in [-0.4, -0.2) is 49.1 Å². The van der Waals surface area contributed by atoms with Gasteiger partial charge in [-0.2, -0.15) is 4.98 Å². The number of aromatic nitrogens is 4. The van der Waals surface area contributed by atoms with Gasteiger partial charge in [-0.05, 0) is 19.4 Å². The highest BCUT2D eigenvalue weighted by Gasteiger charge is 2.31. The molecule has 0 amide bonds. The van der Waals surface area contributed by atoms with Crippen LogP contribution in [0.4, 0.5) is 0 Å². The average molecular weight is 447 g/mol. The predicted molar refractivity (Wildman–Crippen MR) is 120 cm³/mol. The second-order valence-electron chi connectivity index (χ2n) is 8.23. The molecular formula is C24H25N5O4. The third-order valence-corrected chi connectivity index (χ3v) is 5.93. The van der Waals surface area contributed by atoms with Crippen molar-refractivity contribution in [1.82, 2.24) is 24.8 Å². The van der Waals surface area contributed by atoms with Crippen molar-refractivity contribution < 1.29 is 14.2 Å². The van der Waals surface area contributed by atoms with Gasteiger partial charge < -0.3 is 9.63 Å². The molecule has 2 atom stereocenters. The largest absolute Gasteiger partial charge is 0.441 e. The summed E-state index contributed by atoms with van der Waals surface area (Å²) in [4.78, 5) is 19.0. The van der Waals surface area contributed by atoms with Crippen LogP contribution in [0.15, 0.2) is 74.5 Å². The Labute approximate surface area is 190 Å². The summed E-state index contributed by atoms with van der Waals surface area (Å²) in [5.74, 6) is 0.917. The van der Waals surface area contributed by atoms with Crippen molar-refractivity contribution in [1.29, 1.82) is 0 Å². The van der Waals surface area contributed by atoms with Gasteiger partial charge in [0, 0.05) is 17.7 Å². The molecule has 2 unspecified atom stereocenters. The molecule has 1 fully saturated rings. The lowest BCUT2D eigenvalue weighted by Crippen LogP contribution is -2.41. The maximum absolute atomic E-state index is 12.2. The van der Waals surface area contributed by atoms with Crippen LogP contribution in [-0.2, 0) is 6.54 Å². The number of nitrogens with zero attached hydrogens (tertiary/aromatic N) is 5. The number of likely N-dealkylation sites (tertiary alicyclic amines) is 1. The van der Waals surface area contributed by atoms with Crippen LogP contribution in [0.25, 0.3) is 22.8 Å². The van der Waals surface area contributed by atoms with Crippen molar-refractivity contribution in [3.63, 3.8) is 0 Å². The van der Waals surface area contributed by atoms with Gasteiger partial charge in [-0.1, -0.05) is 77.4 Å².